The Morgan fingerprint density at radius 2 is 1.83 bits per heavy atom. The predicted molar refractivity (Wildman–Crippen MR) is 118 cm³/mol. The van der Waals surface area contributed by atoms with E-state index in [0.29, 0.717) is 10.2 Å². The fourth-order valence-corrected chi connectivity index (χ4v) is 4.28. The van der Waals surface area contributed by atoms with Gasteiger partial charge in [0.25, 0.3) is 5.56 Å². The first-order chi connectivity index (χ1) is 14.0. The highest BCUT2D eigenvalue weighted by atomic mass is 32.1. The molecule has 0 aliphatic rings. The monoisotopic (exact) mass is 403 g/mol. The highest BCUT2D eigenvalue weighted by molar-refractivity contribution is 7.17. The van der Waals surface area contributed by atoms with Crippen LogP contribution in [-0.2, 0) is 11.3 Å². The van der Waals surface area contributed by atoms with Crippen molar-refractivity contribution in [3.63, 3.8) is 0 Å². The number of aromatic nitrogens is 2. The van der Waals surface area contributed by atoms with E-state index in [0.717, 1.165) is 22.4 Å². The van der Waals surface area contributed by atoms with Crippen LogP contribution in [0.25, 0.3) is 21.3 Å². The van der Waals surface area contributed by atoms with E-state index < -0.39 is 0 Å². The fraction of sp³-hybridized carbons (Fsp3) is 0.174. The number of hydrogen-bond acceptors (Lipinski definition) is 4. The van der Waals surface area contributed by atoms with Crippen LogP contribution < -0.4 is 10.9 Å². The zero-order valence-corrected chi connectivity index (χ0v) is 17.1. The van der Waals surface area contributed by atoms with Crippen molar-refractivity contribution in [2.75, 3.05) is 5.32 Å². The molecule has 0 bridgehead atoms. The van der Waals surface area contributed by atoms with Crippen LogP contribution in [0, 0.1) is 0 Å². The van der Waals surface area contributed by atoms with E-state index in [9.17, 15) is 9.59 Å². The lowest BCUT2D eigenvalue weighted by Crippen LogP contribution is -2.28. The van der Waals surface area contributed by atoms with Gasteiger partial charge in [-0.2, -0.15) is 0 Å². The van der Waals surface area contributed by atoms with Crippen LogP contribution in [-0.4, -0.2) is 15.5 Å². The first-order valence-corrected chi connectivity index (χ1v) is 10.3. The molecule has 2 aromatic heterocycles. The molecule has 0 aliphatic heterocycles. The lowest BCUT2D eigenvalue weighted by Gasteiger charge is -2.14. The van der Waals surface area contributed by atoms with Crippen molar-refractivity contribution >= 4 is 33.1 Å². The van der Waals surface area contributed by atoms with Crippen LogP contribution in [0.5, 0.6) is 0 Å². The smallest absolute Gasteiger partial charge is 0.263 e. The second-order valence-corrected chi connectivity index (χ2v) is 8.02. The molecule has 1 amide bonds. The lowest BCUT2D eigenvalue weighted by molar-refractivity contribution is -0.116. The van der Waals surface area contributed by atoms with Crippen LogP contribution in [0.3, 0.4) is 0 Å². The molecule has 2 aromatic carbocycles. The number of thiophene rings is 1. The number of amides is 1. The number of nitrogens with zero attached hydrogens (tertiary/aromatic N) is 2. The van der Waals surface area contributed by atoms with Crippen LogP contribution in [0.2, 0.25) is 0 Å². The molecule has 6 heteroatoms. The van der Waals surface area contributed by atoms with Gasteiger partial charge in [-0.05, 0) is 23.1 Å². The molecule has 0 saturated carbocycles. The number of nitrogens with one attached hydrogen (secondary N) is 1. The Kier molecular flexibility index (Phi) is 5.27. The minimum Gasteiger partial charge on any atom is -0.324 e. The number of benzene rings is 2. The molecule has 1 N–H and O–H groups in total. The van der Waals surface area contributed by atoms with Crippen molar-refractivity contribution in [2.45, 2.75) is 26.3 Å². The van der Waals surface area contributed by atoms with E-state index in [1.807, 2.05) is 60.0 Å². The summed E-state index contributed by atoms with van der Waals surface area (Å²) in [6.45, 7) is 4.07. The Hall–Kier alpha value is -3.25. The van der Waals surface area contributed by atoms with Gasteiger partial charge in [0.15, 0.2) is 0 Å². The number of para-hydroxylation sites is 1. The Balaban J connectivity index is 1.65. The largest absolute Gasteiger partial charge is 0.324 e. The van der Waals surface area contributed by atoms with Crippen molar-refractivity contribution in [1.82, 2.24) is 9.55 Å². The summed E-state index contributed by atoms with van der Waals surface area (Å²) < 4.78 is 1.37. The molecule has 5 nitrogen and oxygen atoms in total. The van der Waals surface area contributed by atoms with Crippen molar-refractivity contribution in [3.8, 4) is 11.1 Å². The normalized spacial score (nSPS) is 11.1. The third-order valence-electron chi connectivity index (χ3n) is 4.82. The van der Waals surface area contributed by atoms with Crippen molar-refractivity contribution in [3.05, 3.63) is 82.2 Å². The minimum absolute atomic E-state index is 0.0850. The second kappa shape index (κ2) is 8.01. The zero-order chi connectivity index (χ0) is 20.4. The molecular formula is C23H21N3O2S. The second-order valence-electron chi connectivity index (χ2n) is 7.16. The summed E-state index contributed by atoms with van der Waals surface area (Å²) in [6.07, 6.45) is 1.45. The van der Waals surface area contributed by atoms with Crippen LogP contribution >= 0.6 is 11.3 Å². The highest BCUT2D eigenvalue weighted by Gasteiger charge is 2.15. The number of rotatable bonds is 5. The van der Waals surface area contributed by atoms with E-state index in [4.69, 9.17) is 0 Å². The number of carbonyl (C=O) groups is 1. The van der Waals surface area contributed by atoms with Gasteiger partial charge in [0, 0.05) is 16.6 Å². The minimum atomic E-state index is -0.252. The molecule has 0 atom stereocenters. The lowest BCUT2D eigenvalue weighted by atomic mass is 10.0. The maximum atomic E-state index is 13.1. The molecule has 0 saturated heterocycles. The standard InChI is InChI=1S/C23H21N3O2S/c1-15(2)17-10-6-7-11-19(17)25-20(27)12-26-14-24-22-21(23(26)28)18(13-29-22)16-8-4-3-5-9-16/h3-11,13-15H,12H2,1-2H3,(H,25,27). The van der Waals surface area contributed by atoms with Gasteiger partial charge in [-0.15, -0.1) is 11.3 Å². The summed E-state index contributed by atoms with van der Waals surface area (Å²) in [4.78, 5) is 30.8. The summed E-state index contributed by atoms with van der Waals surface area (Å²) in [7, 11) is 0. The molecule has 0 aliphatic carbocycles. The summed E-state index contributed by atoms with van der Waals surface area (Å²) in [5.41, 5.74) is 3.44. The van der Waals surface area contributed by atoms with Gasteiger partial charge in [-0.1, -0.05) is 62.4 Å². The summed E-state index contributed by atoms with van der Waals surface area (Å²) in [6, 6.07) is 17.5. The van der Waals surface area contributed by atoms with Gasteiger partial charge in [-0.3, -0.25) is 14.2 Å². The maximum Gasteiger partial charge on any atom is 0.263 e. The number of carbonyl (C=O) groups excluding carboxylic acids is 1. The third-order valence-corrected chi connectivity index (χ3v) is 5.70. The molecule has 4 aromatic rings. The molecule has 4 rings (SSSR count). The topological polar surface area (TPSA) is 64.0 Å². The predicted octanol–water partition coefficient (Wildman–Crippen LogP) is 4.89. The van der Waals surface area contributed by atoms with E-state index in [-0.39, 0.29) is 23.9 Å². The van der Waals surface area contributed by atoms with Gasteiger partial charge in [0.2, 0.25) is 5.91 Å². The molecule has 0 radical (unpaired) electrons. The average molecular weight is 404 g/mol. The van der Waals surface area contributed by atoms with E-state index in [1.54, 1.807) is 0 Å². The van der Waals surface area contributed by atoms with Crippen molar-refractivity contribution in [1.29, 1.82) is 0 Å². The first-order valence-electron chi connectivity index (χ1n) is 9.45. The number of fused-ring (bicyclic) bond motifs is 1. The van der Waals surface area contributed by atoms with Crippen LogP contribution in [0.1, 0.15) is 25.3 Å². The van der Waals surface area contributed by atoms with Gasteiger partial charge in [0.1, 0.15) is 11.4 Å². The van der Waals surface area contributed by atoms with E-state index in [1.165, 1.54) is 22.2 Å². The molecule has 2 heterocycles. The summed E-state index contributed by atoms with van der Waals surface area (Å²) in [5.74, 6) is 0.0318. The van der Waals surface area contributed by atoms with Crippen LogP contribution in [0.4, 0.5) is 5.69 Å². The SMILES string of the molecule is CC(C)c1ccccc1NC(=O)Cn1cnc2scc(-c3ccccc3)c2c1=O. The Morgan fingerprint density at radius 1 is 1.10 bits per heavy atom. The zero-order valence-electron chi connectivity index (χ0n) is 16.3. The average Bonchev–Trinajstić information content (AvgIpc) is 3.16. The molecule has 0 unspecified atom stereocenters. The third kappa shape index (κ3) is 3.84. The van der Waals surface area contributed by atoms with Gasteiger partial charge >= 0.3 is 0 Å². The van der Waals surface area contributed by atoms with Gasteiger partial charge in [0.05, 0.1) is 11.7 Å². The molecular weight excluding hydrogens is 382 g/mol. The first kappa shape index (κ1) is 19.1. The van der Waals surface area contributed by atoms with Gasteiger partial charge in [-0.25, -0.2) is 4.98 Å². The van der Waals surface area contributed by atoms with Gasteiger partial charge < -0.3 is 5.32 Å². The van der Waals surface area contributed by atoms with Crippen molar-refractivity contribution in [2.24, 2.45) is 0 Å². The summed E-state index contributed by atoms with van der Waals surface area (Å²) in [5, 5.41) is 5.43. The van der Waals surface area contributed by atoms with E-state index >= 15 is 0 Å². The molecule has 29 heavy (non-hydrogen) atoms. The Labute approximate surface area is 172 Å². The fourth-order valence-electron chi connectivity index (χ4n) is 3.37. The van der Waals surface area contributed by atoms with Crippen LogP contribution in [0.15, 0.2) is 71.1 Å². The molecule has 0 fully saturated rings. The van der Waals surface area contributed by atoms with Crippen molar-refractivity contribution < 1.29 is 4.79 Å². The Morgan fingerprint density at radius 3 is 2.59 bits per heavy atom. The quantitative estimate of drug-likeness (QED) is 0.516. The van der Waals surface area contributed by atoms with E-state index in [2.05, 4.69) is 24.1 Å². The highest BCUT2D eigenvalue weighted by Crippen LogP contribution is 2.30. The number of hydrogen-bond donors (Lipinski definition) is 1. The molecule has 0 spiro atoms. The molecule has 146 valence electrons. The Bertz CT molecular complexity index is 1230. The summed E-state index contributed by atoms with van der Waals surface area (Å²) >= 11 is 1.43. The maximum absolute atomic E-state index is 13.1. The number of anilines is 1.